The van der Waals surface area contributed by atoms with Gasteiger partial charge in [0, 0.05) is 11.4 Å². The third-order valence-electron chi connectivity index (χ3n) is 1.86. The van der Waals surface area contributed by atoms with Crippen molar-refractivity contribution in [3.05, 3.63) is 0 Å². The second-order valence-corrected chi connectivity index (χ2v) is 3.13. The minimum absolute atomic E-state index is 0.731. The lowest BCUT2D eigenvalue weighted by Gasteiger charge is -2.09. The number of rotatable bonds is 1. The van der Waals surface area contributed by atoms with Crippen molar-refractivity contribution in [2.24, 2.45) is 5.92 Å². The van der Waals surface area contributed by atoms with Gasteiger partial charge in [-0.2, -0.15) is 0 Å². The summed E-state index contributed by atoms with van der Waals surface area (Å²) in [5.74, 6) is 0.870. The first-order valence-electron chi connectivity index (χ1n) is 3.14. The Kier molecular flexibility index (Phi) is 2.32. The average molecular weight is 178 g/mol. The molecule has 0 aromatic carbocycles. The highest BCUT2D eigenvalue weighted by molar-refractivity contribution is 9.09. The van der Waals surface area contributed by atoms with Crippen LogP contribution in [0.1, 0.15) is 13.3 Å². The van der Waals surface area contributed by atoms with E-state index in [0.717, 1.165) is 17.3 Å². The molecule has 1 heterocycles. The molecule has 0 spiro atoms. The summed E-state index contributed by atoms with van der Waals surface area (Å²) in [5, 5.41) is 4.51. The molecule has 1 N–H and O–H groups in total. The standard InChI is InChI=1S/C6H12BrN/c1-5-2-3-8-6(5)4-7/h5-6,8H,2-4H2,1H3. The summed E-state index contributed by atoms with van der Waals surface area (Å²) < 4.78 is 0. The van der Waals surface area contributed by atoms with Gasteiger partial charge < -0.3 is 5.32 Å². The van der Waals surface area contributed by atoms with Gasteiger partial charge in [0.2, 0.25) is 0 Å². The van der Waals surface area contributed by atoms with Gasteiger partial charge in [-0.3, -0.25) is 0 Å². The maximum absolute atomic E-state index is 3.45. The molecule has 0 bridgehead atoms. The van der Waals surface area contributed by atoms with Gasteiger partial charge in [0.1, 0.15) is 0 Å². The number of hydrogen-bond acceptors (Lipinski definition) is 1. The number of nitrogens with one attached hydrogen (secondary N) is 1. The molecule has 48 valence electrons. The smallest absolute Gasteiger partial charge is 0.0190 e. The highest BCUT2D eigenvalue weighted by Gasteiger charge is 2.20. The Morgan fingerprint density at radius 3 is 2.75 bits per heavy atom. The van der Waals surface area contributed by atoms with E-state index in [4.69, 9.17) is 0 Å². The van der Waals surface area contributed by atoms with Crippen LogP contribution < -0.4 is 5.32 Å². The van der Waals surface area contributed by atoms with Crippen molar-refractivity contribution in [1.29, 1.82) is 0 Å². The Bertz CT molecular complexity index is 74.9. The molecule has 0 aromatic heterocycles. The maximum atomic E-state index is 3.45. The second kappa shape index (κ2) is 2.83. The van der Waals surface area contributed by atoms with Crippen LogP contribution in [0.25, 0.3) is 0 Å². The topological polar surface area (TPSA) is 12.0 Å². The number of halogens is 1. The first-order chi connectivity index (χ1) is 3.84. The van der Waals surface area contributed by atoms with E-state index >= 15 is 0 Å². The highest BCUT2D eigenvalue weighted by Crippen LogP contribution is 2.15. The van der Waals surface area contributed by atoms with Crippen LogP contribution in [0.15, 0.2) is 0 Å². The minimum atomic E-state index is 0.731. The van der Waals surface area contributed by atoms with Crippen LogP contribution >= 0.6 is 15.9 Å². The summed E-state index contributed by atoms with van der Waals surface area (Å²) in [6, 6.07) is 0.731. The van der Waals surface area contributed by atoms with E-state index in [2.05, 4.69) is 28.2 Å². The SMILES string of the molecule is CC1CCNC1CBr. The lowest BCUT2D eigenvalue weighted by molar-refractivity contribution is 0.528. The molecule has 1 nitrogen and oxygen atoms in total. The summed E-state index contributed by atoms with van der Waals surface area (Å²) in [7, 11) is 0. The molecule has 1 aliphatic heterocycles. The Labute approximate surface area is 59.0 Å². The van der Waals surface area contributed by atoms with Crippen molar-refractivity contribution < 1.29 is 0 Å². The van der Waals surface area contributed by atoms with Crippen molar-refractivity contribution in [2.75, 3.05) is 11.9 Å². The molecule has 0 aromatic rings. The van der Waals surface area contributed by atoms with Crippen molar-refractivity contribution >= 4 is 15.9 Å². The summed E-state index contributed by atoms with van der Waals surface area (Å²) in [6.45, 7) is 3.50. The molecule has 1 saturated heterocycles. The van der Waals surface area contributed by atoms with Gasteiger partial charge in [0.15, 0.2) is 0 Å². The predicted molar refractivity (Wildman–Crippen MR) is 39.4 cm³/mol. The zero-order chi connectivity index (χ0) is 5.98. The Morgan fingerprint density at radius 2 is 2.50 bits per heavy atom. The number of alkyl halides is 1. The van der Waals surface area contributed by atoms with Crippen LogP contribution in [0.5, 0.6) is 0 Å². The molecular formula is C6H12BrN. The first kappa shape index (κ1) is 6.56. The predicted octanol–water partition coefficient (Wildman–Crippen LogP) is 1.38. The average Bonchev–Trinajstić information content (AvgIpc) is 2.14. The molecule has 8 heavy (non-hydrogen) atoms. The van der Waals surface area contributed by atoms with Crippen molar-refractivity contribution in [3.8, 4) is 0 Å². The van der Waals surface area contributed by atoms with E-state index in [1.807, 2.05) is 0 Å². The van der Waals surface area contributed by atoms with Crippen LogP contribution in [-0.2, 0) is 0 Å². The molecule has 1 rings (SSSR count). The van der Waals surface area contributed by atoms with Crippen molar-refractivity contribution in [2.45, 2.75) is 19.4 Å². The largest absolute Gasteiger partial charge is 0.313 e. The third-order valence-corrected chi connectivity index (χ3v) is 2.56. The zero-order valence-corrected chi connectivity index (χ0v) is 6.74. The molecular weight excluding hydrogens is 166 g/mol. The fourth-order valence-corrected chi connectivity index (χ4v) is 1.97. The van der Waals surface area contributed by atoms with Crippen LogP contribution in [-0.4, -0.2) is 17.9 Å². The quantitative estimate of drug-likeness (QED) is 0.598. The second-order valence-electron chi connectivity index (χ2n) is 2.48. The van der Waals surface area contributed by atoms with E-state index in [9.17, 15) is 0 Å². The third kappa shape index (κ3) is 1.23. The van der Waals surface area contributed by atoms with E-state index in [1.165, 1.54) is 13.0 Å². The summed E-state index contributed by atoms with van der Waals surface area (Å²) in [6.07, 6.45) is 1.34. The van der Waals surface area contributed by atoms with Gasteiger partial charge in [0.25, 0.3) is 0 Å². The molecule has 1 fully saturated rings. The monoisotopic (exact) mass is 177 g/mol. The minimum Gasteiger partial charge on any atom is -0.313 e. The van der Waals surface area contributed by atoms with E-state index in [-0.39, 0.29) is 0 Å². The van der Waals surface area contributed by atoms with Crippen LogP contribution in [0, 0.1) is 5.92 Å². The molecule has 2 atom stereocenters. The Balaban J connectivity index is 2.30. The fourth-order valence-electron chi connectivity index (χ4n) is 1.11. The maximum Gasteiger partial charge on any atom is 0.0190 e. The van der Waals surface area contributed by atoms with E-state index < -0.39 is 0 Å². The number of hydrogen-bond donors (Lipinski definition) is 1. The van der Waals surface area contributed by atoms with Crippen molar-refractivity contribution in [1.82, 2.24) is 5.32 Å². The van der Waals surface area contributed by atoms with Gasteiger partial charge in [0.05, 0.1) is 0 Å². The van der Waals surface area contributed by atoms with Crippen LogP contribution in [0.2, 0.25) is 0 Å². The Hall–Kier alpha value is 0.440. The summed E-state index contributed by atoms with van der Waals surface area (Å²) in [4.78, 5) is 0. The van der Waals surface area contributed by atoms with Gasteiger partial charge in [-0.25, -0.2) is 0 Å². The molecule has 0 radical (unpaired) electrons. The van der Waals surface area contributed by atoms with Gasteiger partial charge in [-0.05, 0) is 18.9 Å². The zero-order valence-electron chi connectivity index (χ0n) is 5.15. The lowest BCUT2D eigenvalue weighted by Crippen LogP contribution is -2.26. The van der Waals surface area contributed by atoms with Crippen LogP contribution in [0.4, 0.5) is 0 Å². The highest BCUT2D eigenvalue weighted by atomic mass is 79.9. The molecule has 1 aliphatic rings. The first-order valence-corrected chi connectivity index (χ1v) is 4.26. The Morgan fingerprint density at radius 1 is 1.75 bits per heavy atom. The lowest BCUT2D eigenvalue weighted by atomic mass is 10.1. The van der Waals surface area contributed by atoms with E-state index in [1.54, 1.807) is 0 Å². The molecule has 2 unspecified atom stereocenters. The van der Waals surface area contributed by atoms with E-state index in [0.29, 0.717) is 0 Å². The van der Waals surface area contributed by atoms with Crippen LogP contribution in [0.3, 0.4) is 0 Å². The van der Waals surface area contributed by atoms with Gasteiger partial charge in [-0.15, -0.1) is 0 Å². The van der Waals surface area contributed by atoms with Crippen molar-refractivity contribution in [3.63, 3.8) is 0 Å². The molecule has 0 saturated carbocycles. The fraction of sp³-hybridized carbons (Fsp3) is 1.00. The molecule has 0 amide bonds. The normalized spacial score (nSPS) is 38.2. The van der Waals surface area contributed by atoms with Gasteiger partial charge in [-0.1, -0.05) is 22.9 Å². The summed E-state index contributed by atoms with van der Waals surface area (Å²) in [5.41, 5.74) is 0. The van der Waals surface area contributed by atoms with Gasteiger partial charge >= 0.3 is 0 Å². The molecule has 0 aliphatic carbocycles. The summed E-state index contributed by atoms with van der Waals surface area (Å²) >= 11 is 3.45. The molecule has 2 heteroatoms.